The van der Waals surface area contributed by atoms with Crippen molar-refractivity contribution >= 4 is 22.9 Å². The molecule has 0 aliphatic carbocycles. The van der Waals surface area contributed by atoms with Crippen LogP contribution in [0.1, 0.15) is 11.0 Å². The van der Waals surface area contributed by atoms with Crippen molar-refractivity contribution in [3.63, 3.8) is 0 Å². The van der Waals surface area contributed by atoms with E-state index in [9.17, 15) is 0 Å². The van der Waals surface area contributed by atoms with Crippen LogP contribution in [-0.2, 0) is 0 Å². The summed E-state index contributed by atoms with van der Waals surface area (Å²) in [7, 11) is 0. The largest absolute Gasteiger partial charge is 0.293 e. The highest BCUT2D eigenvalue weighted by Crippen LogP contribution is 2.23. The fourth-order valence-electron chi connectivity index (χ4n) is 0.790. The molecule has 68 valence electrons. The van der Waals surface area contributed by atoms with Gasteiger partial charge in [-0.1, -0.05) is 17.7 Å². The Morgan fingerprint density at radius 1 is 1.92 bits per heavy atom. The van der Waals surface area contributed by atoms with Crippen LogP contribution >= 0.6 is 22.9 Å². The molecule has 1 unspecified atom stereocenters. The van der Waals surface area contributed by atoms with Gasteiger partial charge in [0, 0.05) is 6.54 Å². The van der Waals surface area contributed by atoms with Gasteiger partial charge in [-0.05, 0) is 0 Å². The number of nitriles is 1. The molecule has 5 heteroatoms. The summed E-state index contributed by atoms with van der Waals surface area (Å²) >= 11 is 7.00. The molecular formula is C8H8ClN3S. The summed E-state index contributed by atoms with van der Waals surface area (Å²) in [6, 6.07) is 1.70. The SMILES string of the molecule is C=CCNC(C#N)c1ncc(Cl)s1. The third-order valence-corrected chi connectivity index (χ3v) is 2.52. The van der Waals surface area contributed by atoms with Crippen molar-refractivity contribution in [1.29, 1.82) is 5.26 Å². The van der Waals surface area contributed by atoms with E-state index >= 15 is 0 Å². The highest BCUT2D eigenvalue weighted by molar-refractivity contribution is 7.15. The number of hydrogen-bond acceptors (Lipinski definition) is 4. The van der Waals surface area contributed by atoms with E-state index in [0.29, 0.717) is 15.9 Å². The molecule has 1 aromatic heterocycles. The lowest BCUT2D eigenvalue weighted by molar-refractivity contribution is 0.679. The Morgan fingerprint density at radius 3 is 3.15 bits per heavy atom. The first-order valence-corrected chi connectivity index (χ1v) is 4.82. The van der Waals surface area contributed by atoms with Crippen LogP contribution in [0.15, 0.2) is 18.9 Å². The van der Waals surface area contributed by atoms with E-state index in [2.05, 4.69) is 22.9 Å². The summed E-state index contributed by atoms with van der Waals surface area (Å²) < 4.78 is 0.593. The van der Waals surface area contributed by atoms with Crippen LogP contribution in [0.3, 0.4) is 0 Å². The number of nitrogens with one attached hydrogen (secondary N) is 1. The molecule has 13 heavy (non-hydrogen) atoms. The number of thiazole rings is 1. The van der Waals surface area contributed by atoms with E-state index in [1.54, 1.807) is 12.3 Å². The van der Waals surface area contributed by atoms with Crippen LogP contribution in [0.4, 0.5) is 0 Å². The summed E-state index contributed by atoms with van der Waals surface area (Å²) in [5.74, 6) is 0. The standard InChI is InChI=1S/C8H8ClN3S/c1-2-3-11-6(4-10)8-12-5-7(9)13-8/h2,5-6,11H,1,3H2. The molecule has 1 atom stereocenters. The lowest BCUT2D eigenvalue weighted by Gasteiger charge is -2.04. The number of hydrogen-bond donors (Lipinski definition) is 1. The average molecular weight is 214 g/mol. The smallest absolute Gasteiger partial charge is 0.148 e. The Hall–Kier alpha value is -0.890. The third kappa shape index (κ3) is 2.81. The van der Waals surface area contributed by atoms with E-state index in [1.807, 2.05) is 0 Å². The van der Waals surface area contributed by atoms with E-state index in [0.717, 1.165) is 0 Å². The summed E-state index contributed by atoms with van der Waals surface area (Å²) in [5.41, 5.74) is 0. The molecule has 0 radical (unpaired) electrons. The number of halogens is 1. The van der Waals surface area contributed by atoms with Crippen molar-refractivity contribution in [1.82, 2.24) is 10.3 Å². The van der Waals surface area contributed by atoms with Crippen LogP contribution in [0.25, 0.3) is 0 Å². The Kier molecular flexibility index (Phi) is 3.90. The van der Waals surface area contributed by atoms with Gasteiger partial charge in [0.1, 0.15) is 15.4 Å². The van der Waals surface area contributed by atoms with Crippen molar-refractivity contribution in [2.75, 3.05) is 6.54 Å². The minimum absolute atomic E-state index is 0.393. The molecule has 0 amide bonds. The number of nitrogens with zero attached hydrogens (tertiary/aromatic N) is 2. The first-order valence-electron chi connectivity index (χ1n) is 3.63. The molecule has 0 spiro atoms. The van der Waals surface area contributed by atoms with Gasteiger partial charge in [-0.2, -0.15) is 5.26 Å². The molecule has 0 saturated heterocycles. The number of aromatic nitrogens is 1. The molecule has 0 aromatic carbocycles. The van der Waals surface area contributed by atoms with Crippen molar-refractivity contribution in [3.8, 4) is 6.07 Å². The van der Waals surface area contributed by atoms with Crippen molar-refractivity contribution < 1.29 is 0 Å². The second-order valence-electron chi connectivity index (χ2n) is 2.26. The zero-order valence-corrected chi connectivity index (χ0v) is 8.40. The maximum atomic E-state index is 8.79. The fourth-order valence-corrected chi connectivity index (χ4v) is 1.74. The van der Waals surface area contributed by atoms with Gasteiger partial charge < -0.3 is 0 Å². The van der Waals surface area contributed by atoms with E-state index in [-0.39, 0.29) is 0 Å². The zero-order valence-electron chi connectivity index (χ0n) is 6.83. The monoisotopic (exact) mass is 213 g/mol. The maximum absolute atomic E-state index is 8.79. The highest BCUT2D eigenvalue weighted by atomic mass is 35.5. The van der Waals surface area contributed by atoms with E-state index in [4.69, 9.17) is 16.9 Å². The molecule has 0 saturated carbocycles. The number of rotatable bonds is 4. The topological polar surface area (TPSA) is 48.7 Å². The second-order valence-corrected chi connectivity index (χ2v) is 3.96. The van der Waals surface area contributed by atoms with Crippen LogP contribution in [-0.4, -0.2) is 11.5 Å². The van der Waals surface area contributed by atoms with Gasteiger partial charge in [-0.15, -0.1) is 17.9 Å². The molecule has 0 bridgehead atoms. The van der Waals surface area contributed by atoms with Gasteiger partial charge in [0.15, 0.2) is 0 Å². The Balaban J connectivity index is 2.68. The normalized spacial score (nSPS) is 12.0. The van der Waals surface area contributed by atoms with Crippen molar-refractivity contribution in [2.24, 2.45) is 0 Å². The minimum Gasteiger partial charge on any atom is -0.293 e. The Bertz CT molecular complexity index is 328. The Labute approximate surface area is 85.7 Å². The zero-order chi connectivity index (χ0) is 9.68. The first kappa shape index (κ1) is 10.2. The van der Waals surface area contributed by atoms with Gasteiger partial charge >= 0.3 is 0 Å². The molecule has 1 heterocycles. The molecule has 1 N–H and O–H groups in total. The third-order valence-electron chi connectivity index (χ3n) is 1.34. The van der Waals surface area contributed by atoms with Crippen LogP contribution in [0, 0.1) is 11.3 Å². The lowest BCUT2D eigenvalue weighted by atomic mass is 10.3. The molecule has 1 rings (SSSR count). The summed E-state index contributed by atoms with van der Waals surface area (Å²) in [6.45, 7) is 4.13. The van der Waals surface area contributed by atoms with Gasteiger partial charge in [-0.3, -0.25) is 5.32 Å². The second kappa shape index (κ2) is 4.97. The molecule has 3 nitrogen and oxygen atoms in total. The predicted molar refractivity (Wildman–Crippen MR) is 53.7 cm³/mol. The Morgan fingerprint density at radius 2 is 2.69 bits per heavy atom. The predicted octanol–water partition coefficient (Wildman–Crippen LogP) is 2.14. The quantitative estimate of drug-likeness (QED) is 0.780. The highest BCUT2D eigenvalue weighted by Gasteiger charge is 2.12. The van der Waals surface area contributed by atoms with Crippen LogP contribution < -0.4 is 5.32 Å². The lowest BCUT2D eigenvalue weighted by Crippen LogP contribution is -2.19. The van der Waals surface area contributed by atoms with Gasteiger partial charge in [0.05, 0.1) is 12.3 Å². The van der Waals surface area contributed by atoms with Gasteiger partial charge in [0.25, 0.3) is 0 Å². The first-order chi connectivity index (χ1) is 6.27. The molecule has 0 fully saturated rings. The average Bonchev–Trinajstić information content (AvgIpc) is 2.54. The summed E-state index contributed by atoms with van der Waals surface area (Å²) in [6.07, 6.45) is 3.24. The summed E-state index contributed by atoms with van der Waals surface area (Å²) in [5, 5.41) is 12.4. The van der Waals surface area contributed by atoms with Gasteiger partial charge in [-0.25, -0.2) is 4.98 Å². The van der Waals surface area contributed by atoms with Crippen LogP contribution in [0.5, 0.6) is 0 Å². The van der Waals surface area contributed by atoms with Crippen LogP contribution in [0.2, 0.25) is 4.34 Å². The van der Waals surface area contributed by atoms with Crippen molar-refractivity contribution in [2.45, 2.75) is 6.04 Å². The van der Waals surface area contributed by atoms with E-state index < -0.39 is 6.04 Å². The molecule has 0 aliphatic heterocycles. The molecule has 1 aromatic rings. The van der Waals surface area contributed by atoms with Crippen molar-refractivity contribution in [3.05, 3.63) is 28.2 Å². The maximum Gasteiger partial charge on any atom is 0.148 e. The van der Waals surface area contributed by atoms with E-state index in [1.165, 1.54) is 11.3 Å². The molecule has 0 aliphatic rings. The summed E-state index contributed by atoms with van der Waals surface area (Å²) in [4.78, 5) is 4.01. The van der Waals surface area contributed by atoms with Gasteiger partial charge in [0.2, 0.25) is 0 Å². The fraction of sp³-hybridized carbons (Fsp3) is 0.250. The molecular weight excluding hydrogens is 206 g/mol. The minimum atomic E-state index is -0.393.